The Morgan fingerprint density at radius 3 is 2.64 bits per heavy atom. The van der Waals surface area contributed by atoms with Crippen molar-refractivity contribution < 1.29 is 9.53 Å². The van der Waals surface area contributed by atoms with Gasteiger partial charge in [0.25, 0.3) is 5.91 Å². The quantitative estimate of drug-likeness (QED) is 0.820. The number of hydrogen-bond donors (Lipinski definition) is 0. The van der Waals surface area contributed by atoms with Crippen LogP contribution in [-0.4, -0.2) is 64.8 Å². The first-order valence-electron chi connectivity index (χ1n) is 8.81. The molecule has 7 heteroatoms. The summed E-state index contributed by atoms with van der Waals surface area (Å²) in [6.07, 6.45) is 4.26. The second-order valence-corrected chi connectivity index (χ2v) is 7.18. The fraction of sp³-hybridized carbons (Fsp3) is 0.556. The second kappa shape index (κ2) is 6.18. The van der Waals surface area contributed by atoms with Crippen LogP contribution in [0.5, 0.6) is 5.75 Å². The number of piperidine rings is 3. The lowest BCUT2D eigenvalue weighted by Gasteiger charge is -2.48. The molecule has 3 saturated heterocycles. The van der Waals surface area contributed by atoms with Crippen LogP contribution in [0.1, 0.15) is 23.2 Å². The highest BCUT2D eigenvalue weighted by atomic mass is 35.5. The normalized spacial score (nSPS) is 28.0. The summed E-state index contributed by atoms with van der Waals surface area (Å²) in [4.78, 5) is 18.0. The molecule has 0 unspecified atom stereocenters. The zero-order chi connectivity index (χ0) is 16.3. The molecule has 0 N–H and O–H groups in total. The van der Waals surface area contributed by atoms with Crippen LogP contribution in [0.15, 0.2) is 18.3 Å². The molecule has 1 atom stereocenters. The molecule has 0 aliphatic carbocycles. The molecule has 6 rings (SSSR count). The lowest BCUT2D eigenvalue weighted by Crippen LogP contribution is -2.58. The van der Waals surface area contributed by atoms with Crippen LogP contribution in [0.4, 0.5) is 0 Å². The summed E-state index contributed by atoms with van der Waals surface area (Å²) in [5, 5.41) is 5.48. The maximum absolute atomic E-state index is 13.4. The SMILES string of the molecule is COc1cc2c3c(cnn3CCN([C@@H]3CN4CCC3CC4)C2=O)c1.Cl. The predicted octanol–water partition coefficient (Wildman–Crippen LogP) is 2.02. The smallest absolute Gasteiger partial charge is 0.256 e. The standard InChI is InChI=1S/C18H22N4O2.ClH/c1-24-14-8-13-10-19-22-7-6-21(18(23)15(9-14)17(13)22)16-11-20-4-2-12(16)3-5-20;/h8-10,12,16H,2-7,11H2,1H3;1H/t16-;/m1./s1. The fourth-order valence-corrected chi connectivity index (χ4v) is 4.72. The van der Waals surface area contributed by atoms with Gasteiger partial charge in [-0.05, 0) is 44.0 Å². The summed E-state index contributed by atoms with van der Waals surface area (Å²) in [6, 6.07) is 4.17. The van der Waals surface area contributed by atoms with Crippen LogP contribution in [0, 0.1) is 5.92 Å². The number of amides is 1. The van der Waals surface area contributed by atoms with Crippen LogP contribution >= 0.6 is 12.4 Å². The van der Waals surface area contributed by atoms with Crippen molar-refractivity contribution in [1.29, 1.82) is 0 Å². The number of ether oxygens (including phenoxy) is 1. The average molecular weight is 363 g/mol. The first-order valence-corrected chi connectivity index (χ1v) is 8.81. The van der Waals surface area contributed by atoms with E-state index in [0.717, 1.165) is 41.9 Å². The molecule has 5 heterocycles. The van der Waals surface area contributed by atoms with Crippen molar-refractivity contribution in [2.75, 3.05) is 33.3 Å². The number of benzene rings is 1. The number of halogens is 1. The summed E-state index contributed by atoms with van der Waals surface area (Å²) >= 11 is 0. The van der Waals surface area contributed by atoms with Crippen molar-refractivity contribution in [3.63, 3.8) is 0 Å². The molecule has 0 spiro atoms. The van der Waals surface area contributed by atoms with Crippen LogP contribution in [0.25, 0.3) is 10.9 Å². The third-order valence-electron chi connectivity index (χ3n) is 6.01. The third-order valence-corrected chi connectivity index (χ3v) is 6.01. The number of hydrogen-bond acceptors (Lipinski definition) is 4. The molecule has 2 bridgehead atoms. The molecule has 6 nitrogen and oxygen atoms in total. The number of rotatable bonds is 2. The highest BCUT2D eigenvalue weighted by Gasteiger charge is 2.40. The molecule has 3 fully saturated rings. The molecular weight excluding hydrogens is 340 g/mol. The van der Waals surface area contributed by atoms with Gasteiger partial charge in [-0.1, -0.05) is 0 Å². The lowest BCUT2D eigenvalue weighted by molar-refractivity contribution is 0.00706. The van der Waals surface area contributed by atoms with Crippen molar-refractivity contribution in [2.45, 2.75) is 25.4 Å². The van der Waals surface area contributed by atoms with E-state index in [1.54, 1.807) is 7.11 Å². The van der Waals surface area contributed by atoms with Crippen molar-refractivity contribution >= 4 is 29.2 Å². The van der Waals surface area contributed by atoms with Gasteiger partial charge in [-0.2, -0.15) is 5.10 Å². The number of carbonyl (C=O) groups excluding carboxylic acids is 1. The zero-order valence-electron chi connectivity index (χ0n) is 14.4. The largest absolute Gasteiger partial charge is 0.497 e. The molecule has 4 aliphatic rings. The van der Waals surface area contributed by atoms with Crippen molar-refractivity contribution in [1.82, 2.24) is 19.6 Å². The van der Waals surface area contributed by atoms with E-state index in [1.807, 2.05) is 23.0 Å². The Bertz CT molecular complexity index is 813. The minimum Gasteiger partial charge on any atom is -0.497 e. The minimum atomic E-state index is 0. The van der Waals surface area contributed by atoms with E-state index in [2.05, 4.69) is 14.9 Å². The van der Waals surface area contributed by atoms with Gasteiger partial charge in [0.1, 0.15) is 5.75 Å². The van der Waals surface area contributed by atoms with Gasteiger partial charge < -0.3 is 14.5 Å². The first-order chi connectivity index (χ1) is 11.7. The van der Waals surface area contributed by atoms with Crippen molar-refractivity contribution in [3.8, 4) is 5.75 Å². The summed E-state index contributed by atoms with van der Waals surface area (Å²) in [5.41, 5.74) is 1.68. The van der Waals surface area contributed by atoms with E-state index in [-0.39, 0.29) is 18.3 Å². The van der Waals surface area contributed by atoms with E-state index in [9.17, 15) is 4.79 Å². The maximum atomic E-state index is 13.4. The average Bonchev–Trinajstić information content (AvgIpc) is 2.98. The highest BCUT2D eigenvalue weighted by molar-refractivity contribution is 6.07. The van der Waals surface area contributed by atoms with E-state index in [0.29, 0.717) is 12.0 Å². The Balaban J connectivity index is 0.00000157. The van der Waals surface area contributed by atoms with Gasteiger partial charge in [-0.3, -0.25) is 9.48 Å². The van der Waals surface area contributed by atoms with Gasteiger partial charge in [-0.25, -0.2) is 0 Å². The fourth-order valence-electron chi connectivity index (χ4n) is 4.72. The number of carbonyl (C=O) groups is 1. The lowest BCUT2D eigenvalue weighted by atomic mass is 9.83. The predicted molar refractivity (Wildman–Crippen MR) is 97.5 cm³/mol. The van der Waals surface area contributed by atoms with Gasteiger partial charge in [0.2, 0.25) is 0 Å². The van der Waals surface area contributed by atoms with Gasteiger partial charge in [0.15, 0.2) is 0 Å². The number of methoxy groups -OCH3 is 1. The molecule has 134 valence electrons. The Morgan fingerprint density at radius 1 is 1.16 bits per heavy atom. The first kappa shape index (κ1) is 16.7. The third kappa shape index (κ3) is 2.50. The number of fused-ring (bicyclic) bond motifs is 3. The Labute approximate surface area is 153 Å². The van der Waals surface area contributed by atoms with E-state index in [4.69, 9.17) is 4.74 Å². The molecule has 0 saturated carbocycles. The second-order valence-electron chi connectivity index (χ2n) is 7.18. The van der Waals surface area contributed by atoms with E-state index < -0.39 is 0 Å². The molecular formula is C18H23ClN4O2. The van der Waals surface area contributed by atoms with Gasteiger partial charge >= 0.3 is 0 Å². The topological polar surface area (TPSA) is 50.6 Å². The summed E-state index contributed by atoms with van der Waals surface area (Å²) in [5.74, 6) is 1.50. The molecule has 2 aromatic rings. The van der Waals surface area contributed by atoms with Gasteiger partial charge in [-0.15, -0.1) is 12.4 Å². The molecule has 1 aromatic heterocycles. The van der Waals surface area contributed by atoms with Gasteiger partial charge in [0, 0.05) is 24.5 Å². The van der Waals surface area contributed by atoms with Gasteiger partial charge in [0.05, 0.1) is 30.9 Å². The van der Waals surface area contributed by atoms with E-state index in [1.165, 1.54) is 25.9 Å². The van der Waals surface area contributed by atoms with Crippen molar-refractivity contribution in [2.24, 2.45) is 5.92 Å². The maximum Gasteiger partial charge on any atom is 0.256 e. The van der Waals surface area contributed by atoms with Crippen LogP contribution in [0.2, 0.25) is 0 Å². The Hall–Kier alpha value is -1.79. The number of aromatic nitrogens is 2. The van der Waals surface area contributed by atoms with E-state index >= 15 is 0 Å². The van der Waals surface area contributed by atoms with Crippen LogP contribution < -0.4 is 4.74 Å². The summed E-state index contributed by atoms with van der Waals surface area (Å²) in [6.45, 7) is 4.90. The minimum absolute atomic E-state index is 0. The molecule has 4 aliphatic heterocycles. The Morgan fingerprint density at radius 2 is 1.96 bits per heavy atom. The highest BCUT2D eigenvalue weighted by Crippen LogP contribution is 2.34. The van der Waals surface area contributed by atoms with Crippen molar-refractivity contribution in [3.05, 3.63) is 23.9 Å². The number of nitrogens with zero attached hydrogens (tertiary/aromatic N) is 4. The summed E-state index contributed by atoms with van der Waals surface area (Å²) in [7, 11) is 1.64. The van der Waals surface area contributed by atoms with Crippen LogP contribution in [-0.2, 0) is 6.54 Å². The molecule has 1 amide bonds. The monoisotopic (exact) mass is 362 g/mol. The van der Waals surface area contributed by atoms with Crippen LogP contribution in [0.3, 0.4) is 0 Å². The zero-order valence-corrected chi connectivity index (χ0v) is 15.2. The molecule has 1 aromatic carbocycles. The summed E-state index contributed by atoms with van der Waals surface area (Å²) < 4.78 is 7.38. The molecule has 25 heavy (non-hydrogen) atoms. The Kier molecular flexibility index (Phi) is 4.12. The molecule has 0 radical (unpaired) electrons.